The van der Waals surface area contributed by atoms with Crippen molar-refractivity contribution in [2.75, 3.05) is 11.4 Å². The van der Waals surface area contributed by atoms with Crippen LogP contribution < -0.4 is 13.9 Å². The van der Waals surface area contributed by atoms with E-state index in [9.17, 15) is 22.9 Å². The fourth-order valence-corrected chi connectivity index (χ4v) is 9.65. The molecule has 0 spiro atoms. The van der Waals surface area contributed by atoms with Crippen molar-refractivity contribution in [3.8, 4) is 0 Å². The SMILES string of the molecule is CC(CC[n+]1c(C=C2[Se]c3ccc(Cl)cc3N2CC(=O)O)sc2cc(I)sc21)S(=O)(=O)O. The summed E-state index contributed by atoms with van der Waals surface area (Å²) in [7, 11) is -4.11. The van der Waals surface area contributed by atoms with Crippen LogP contribution in [0.4, 0.5) is 5.69 Å². The summed E-state index contributed by atoms with van der Waals surface area (Å²) >= 11 is 11.5. The van der Waals surface area contributed by atoms with Crippen LogP contribution in [0.3, 0.4) is 0 Å². The van der Waals surface area contributed by atoms with E-state index in [1.54, 1.807) is 33.6 Å². The van der Waals surface area contributed by atoms with Gasteiger partial charge in [0.15, 0.2) is 0 Å². The Morgan fingerprint density at radius 2 is 2.12 bits per heavy atom. The molecule has 0 radical (unpaired) electrons. The number of carboxylic acids is 1. The molecule has 0 saturated carbocycles. The van der Waals surface area contributed by atoms with Gasteiger partial charge in [-0.2, -0.15) is 0 Å². The van der Waals surface area contributed by atoms with Gasteiger partial charge in [-0.15, -0.1) is 0 Å². The van der Waals surface area contributed by atoms with E-state index >= 15 is 0 Å². The molecule has 2 N–H and O–H groups in total. The Morgan fingerprint density at radius 1 is 1.38 bits per heavy atom. The summed E-state index contributed by atoms with van der Waals surface area (Å²) in [6.07, 6.45) is 2.26. The van der Waals surface area contributed by atoms with E-state index < -0.39 is 21.3 Å². The van der Waals surface area contributed by atoms with E-state index in [0.29, 0.717) is 11.6 Å². The molecule has 170 valence electrons. The standard InChI is InChI=1S/C19H16ClIN2O5S3Se/c1-10(31(26,27)28)4-5-22-16(29-13-7-15(21)30-19(13)22)8-17-23(9-18(24)25)12-6-11(20)2-3-14(12)32-17/h2-3,6-8,10H,4-5,9H2,1H3,(H-,24,25,26,27,28)/p+1. The van der Waals surface area contributed by atoms with Gasteiger partial charge < -0.3 is 0 Å². The number of nitrogens with zero attached hydrogens (tertiary/aromatic N) is 2. The molecule has 4 rings (SSSR count). The van der Waals surface area contributed by atoms with Gasteiger partial charge in [0.2, 0.25) is 0 Å². The third kappa shape index (κ3) is 5.17. The second-order valence-electron chi connectivity index (χ2n) is 7.10. The Labute approximate surface area is 217 Å². The number of halogens is 2. The second-order valence-corrected chi connectivity index (χ2v) is 15.6. The molecule has 0 aliphatic carbocycles. The molecular formula is C19H17ClIN2O5S3Se+. The first-order chi connectivity index (χ1) is 15.0. The summed E-state index contributed by atoms with van der Waals surface area (Å²) in [5.74, 6) is -0.934. The zero-order valence-electron chi connectivity index (χ0n) is 16.5. The first-order valence-electron chi connectivity index (χ1n) is 9.29. The van der Waals surface area contributed by atoms with E-state index in [4.69, 9.17) is 11.6 Å². The van der Waals surface area contributed by atoms with Crippen LogP contribution in [-0.4, -0.2) is 50.8 Å². The number of hydrogen-bond acceptors (Lipinski definition) is 6. The van der Waals surface area contributed by atoms with Crippen molar-refractivity contribution in [3.05, 3.63) is 41.8 Å². The van der Waals surface area contributed by atoms with Crippen molar-refractivity contribution in [1.29, 1.82) is 0 Å². The Kier molecular flexibility index (Phi) is 7.24. The zero-order valence-corrected chi connectivity index (χ0v) is 23.6. The summed E-state index contributed by atoms with van der Waals surface area (Å²) < 4.78 is 38.6. The zero-order chi connectivity index (χ0) is 23.2. The predicted octanol–water partition coefficient (Wildman–Crippen LogP) is 3.41. The van der Waals surface area contributed by atoms with Gasteiger partial charge in [0, 0.05) is 0 Å². The Morgan fingerprint density at radius 3 is 2.81 bits per heavy atom. The molecule has 1 atom stereocenters. The molecule has 13 heteroatoms. The number of carbonyl (C=O) groups is 1. The van der Waals surface area contributed by atoms with Crippen LogP contribution in [0.2, 0.25) is 5.02 Å². The summed E-state index contributed by atoms with van der Waals surface area (Å²) in [6.45, 7) is 1.74. The molecule has 2 aromatic heterocycles. The van der Waals surface area contributed by atoms with E-state index in [-0.39, 0.29) is 27.9 Å². The Balaban J connectivity index is 1.75. The maximum absolute atomic E-state index is 11.5. The number of thiazole rings is 1. The molecule has 0 fully saturated rings. The number of carboxylic acid groups (broad SMARTS) is 1. The van der Waals surface area contributed by atoms with Gasteiger partial charge in [-0.1, -0.05) is 0 Å². The molecule has 1 aliphatic rings. The molecule has 3 heterocycles. The van der Waals surface area contributed by atoms with Gasteiger partial charge >= 0.3 is 219 Å². The molecule has 1 aromatic carbocycles. The van der Waals surface area contributed by atoms with Crippen molar-refractivity contribution in [1.82, 2.24) is 0 Å². The van der Waals surface area contributed by atoms with Crippen molar-refractivity contribution < 1.29 is 27.4 Å². The molecule has 7 nitrogen and oxygen atoms in total. The summed E-state index contributed by atoms with van der Waals surface area (Å²) in [5.41, 5.74) is 0.811. The quantitative estimate of drug-likeness (QED) is 0.171. The van der Waals surface area contributed by atoms with Crippen LogP contribution in [-0.2, 0) is 21.5 Å². The average molecular weight is 691 g/mol. The topological polar surface area (TPSA) is 98.8 Å². The second kappa shape index (κ2) is 9.49. The average Bonchev–Trinajstić information content (AvgIpc) is 3.30. The van der Waals surface area contributed by atoms with Crippen molar-refractivity contribution in [3.63, 3.8) is 0 Å². The number of benzene rings is 1. The monoisotopic (exact) mass is 691 g/mol. The van der Waals surface area contributed by atoms with Crippen LogP contribution in [0, 0.1) is 2.88 Å². The molecule has 3 aromatic rings. The maximum atomic E-state index is 11.5. The van der Waals surface area contributed by atoms with E-state index in [1.165, 1.54) is 6.92 Å². The third-order valence-electron chi connectivity index (χ3n) is 4.88. The summed E-state index contributed by atoms with van der Waals surface area (Å²) in [6, 6.07) is 7.62. The first kappa shape index (κ1) is 24.4. The minimum absolute atomic E-state index is 0.0965. The van der Waals surface area contributed by atoms with Gasteiger partial charge in [-0.25, -0.2) is 0 Å². The van der Waals surface area contributed by atoms with Gasteiger partial charge in [0.1, 0.15) is 0 Å². The van der Waals surface area contributed by atoms with Crippen LogP contribution in [0.1, 0.15) is 18.4 Å². The van der Waals surface area contributed by atoms with Crippen molar-refractivity contribution in [2.24, 2.45) is 0 Å². The van der Waals surface area contributed by atoms with Gasteiger partial charge in [0.25, 0.3) is 0 Å². The summed E-state index contributed by atoms with van der Waals surface area (Å²) in [4.78, 5) is 14.4. The molecule has 32 heavy (non-hydrogen) atoms. The normalized spacial score (nSPS) is 16.1. The summed E-state index contributed by atoms with van der Waals surface area (Å²) in [5, 5.41) is 10.0. The van der Waals surface area contributed by atoms with E-state index in [2.05, 4.69) is 33.2 Å². The number of aryl methyl sites for hydroxylation is 1. The minimum atomic E-state index is -4.11. The Hall–Kier alpha value is -0.731. The predicted molar refractivity (Wildman–Crippen MR) is 138 cm³/mol. The number of aliphatic carboxylic acids is 1. The van der Waals surface area contributed by atoms with Gasteiger partial charge in [-0.3, -0.25) is 0 Å². The number of fused-ring (bicyclic) bond motifs is 2. The molecule has 1 aliphatic heterocycles. The van der Waals surface area contributed by atoms with Crippen molar-refractivity contribution >= 4 is 114 Å². The Bertz CT molecular complexity index is 1350. The van der Waals surface area contributed by atoms with E-state index in [0.717, 1.165) is 32.2 Å². The number of thiophene rings is 1. The molecule has 0 bridgehead atoms. The van der Waals surface area contributed by atoms with Crippen LogP contribution >= 0.6 is 56.9 Å². The fourth-order valence-electron chi connectivity index (χ4n) is 3.23. The van der Waals surface area contributed by atoms with Crippen LogP contribution in [0.15, 0.2) is 28.9 Å². The van der Waals surface area contributed by atoms with Gasteiger partial charge in [-0.05, 0) is 0 Å². The van der Waals surface area contributed by atoms with E-state index in [1.807, 2.05) is 18.2 Å². The van der Waals surface area contributed by atoms with Crippen LogP contribution in [0.5, 0.6) is 0 Å². The number of aromatic nitrogens is 1. The third-order valence-corrected chi connectivity index (χ3v) is 11.8. The number of rotatable bonds is 7. The molecular weight excluding hydrogens is 674 g/mol. The first-order valence-corrected chi connectivity index (χ1v) is 15.6. The number of hydrogen-bond donors (Lipinski definition) is 2. The number of anilines is 1. The van der Waals surface area contributed by atoms with Crippen molar-refractivity contribution in [2.45, 2.75) is 25.1 Å². The molecule has 0 saturated heterocycles. The molecule has 0 amide bonds. The van der Waals surface area contributed by atoms with Gasteiger partial charge in [0.05, 0.1) is 0 Å². The fraction of sp³-hybridized carbons (Fsp3) is 0.263. The molecule has 1 unspecified atom stereocenters. The van der Waals surface area contributed by atoms with Crippen LogP contribution in [0.25, 0.3) is 15.6 Å².